The third-order valence-electron chi connectivity index (χ3n) is 3.71. The zero-order chi connectivity index (χ0) is 13.7. The van der Waals surface area contributed by atoms with Crippen molar-refractivity contribution in [2.45, 2.75) is 51.9 Å². The Kier molecular flexibility index (Phi) is 5.20. The van der Waals surface area contributed by atoms with Crippen molar-refractivity contribution >= 4 is 23.2 Å². The summed E-state index contributed by atoms with van der Waals surface area (Å²) in [6.45, 7) is 1.94. The molecule has 1 aromatic rings. The summed E-state index contributed by atoms with van der Waals surface area (Å²) in [7, 11) is 0. The third-order valence-corrected chi connectivity index (χ3v) is 4.01. The van der Waals surface area contributed by atoms with E-state index in [0.29, 0.717) is 10.8 Å². The maximum Gasteiger partial charge on any atom is 0.227 e. The molecule has 0 aliphatic heterocycles. The second-order valence-corrected chi connectivity index (χ2v) is 5.74. The van der Waals surface area contributed by atoms with Crippen molar-refractivity contribution in [1.29, 1.82) is 0 Å². The molecule has 1 aliphatic carbocycles. The first kappa shape index (κ1) is 14.3. The van der Waals surface area contributed by atoms with E-state index in [4.69, 9.17) is 11.6 Å². The summed E-state index contributed by atoms with van der Waals surface area (Å²) < 4.78 is 0. The van der Waals surface area contributed by atoms with Gasteiger partial charge in [-0.1, -0.05) is 43.7 Å². The maximum atomic E-state index is 12.3. The van der Waals surface area contributed by atoms with E-state index in [2.05, 4.69) is 10.3 Å². The molecule has 1 amide bonds. The molecule has 0 spiro atoms. The zero-order valence-electron chi connectivity index (χ0n) is 11.4. The van der Waals surface area contributed by atoms with Gasteiger partial charge in [-0.2, -0.15) is 0 Å². The van der Waals surface area contributed by atoms with Gasteiger partial charge in [0.2, 0.25) is 5.91 Å². The highest BCUT2D eigenvalue weighted by Crippen LogP contribution is 2.25. The largest absolute Gasteiger partial charge is 0.323 e. The van der Waals surface area contributed by atoms with E-state index < -0.39 is 0 Å². The van der Waals surface area contributed by atoms with Gasteiger partial charge in [0.05, 0.1) is 5.69 Å². The summed E-state index contributed by atoms with van der Waals surface area (Å²) in [6.07, 6.45) is 9.78. The lowest BCUT2D eigenvalue weighted by Gasteiger charge is -2.19. The molecule has 1 heterocycles. The lowest BCUT2D eigenvalue weighted by Crippen LogP contribution is -2.24. The van der Waals surface area contributed by atoms with Crippen molar-refractivity contribution in [3.05, 3.63) is 23.0 Å². The van der Waals surface area contributed by atoms with Crippen molar-refractivity contribution in [3.63, 3.8) is 0 Å². The lowest BCUT2D eigenvalue weighted by molar-refractivity contribution is -0.120. The Labute approximate surface area is 119 Å². The van der Waals surface area contributed by atoms with Crippen LogP contribution in [0.2, 0.25) is 5.15 Å². The van der Waals surface area contributed by atoms with Crippen molar-refractivity contribution < 1.29 is 4.79 Å². The summed E-state index contributed by atoms with van der Waals surface area (Å²) in [5.74, 6) is 0.216. The molecule has 3 nitrogen and oxygen atoms in total. The molecule has 0 bridgehead atoms. The molecule has 104 valence electrons. The van der Waals surface area contributed by atoms with Gasteiger partial charge in [0.15, 0.2) is 5.15 Å². The SMILES string of the molecule is Cc1cnc(Cl)c(NC(=O)C2CCCCCCC2)c1. The molecular formula is C15H21ClN2O. The number of carbonyl (C=O) groups is 1. The monoisotopic (exact) mass is 280 g/mol. The first-order valence-electron chi connectivity index (χ1n) is 7.10. The molecule has 0 radical (unpaired) electrons. The Morgan fingerprint density at radius 1 is 1.26 bits per heavy atom. The van der Waals surface area contributed by atoms with Gasteiger partial charge in [-0.3, -0.25) is 4.79 Å². The van der Waals surface area contributed by atoms with Crippen LogP contribution in [0.15, 0.2) is 12.3 Å². The number of rotatable bonds is 2. The molecule has 1 N–H and O–H groups in total. The van der Waals surface area contributed by atoms with Gasteiger partial charge >= 0.3 is 0 Å². The number of pyridine rings is 1. The number of nitrogens with one attached hydrogen (secondary N) is 1. The van der Waals surface area contributed by atoms with Gasteiger partial charge in [-0.15, -0.1) is 0 Å². The summed E-state index contributed by atoms with van der Waals surface area (Å²) in [6, 6.07) is 1.87. The molecule has 4 heteroatoms. The minimum absolute atomic E-state index is 0.0937. The number of anilines is 1. The van der Waals surface area contributed by atoms with Gasteiger partial charge in [0, 0.05) is 12.1 Å². The fourth-order valence-electron chi connectivity index (χ4n) is 2.59. The number of carbonyl (C=O) groups excluding carboxylic acids is 1. The number of hydrogen-bond acceptors (Lipinski definition) is 2. The number of halogens is 1. The molecular weight excluding hydrogens is 260 g/mol. The van der Waals surface area contributed by atoms with Crippen LogP contribution < -0.4 is 5.32 Å². The van der Waals surface area contributed by atoms with Gasteiger partial charge in [-0.05, 0) is 31.4 Å². The molecule has 0 aromatic carbocycles. The Hall–Kier alpha value is -1.09. The Bertz CT molecular complexity index is 440. The molecule has 0 saturated heterocycles. The second kappa shape index (κ2) is 6.90. The van der Waals surface area contributed by atoms with Gasteiger partial charge in [0.25, 0.3) is 0 Å². The number of aromatic nitrogens is 1. The van der Waals surface area contributed by atoms with Crippen LogP contribution >= 0.6 is 11.6 Å². The van der Waals surface area contributed by atoms with Crippen LogP contribution in [-0.4, -0.2) is 10.9 Å². The quantitative estimate of drug-likeness (QED) is 0.819. The topological polar surface area (TPSA) is 42.0 Å². The van der Waals surface area contributed by atoms with Crippen LogP contribution in [0, 0.1) is 12.8 Å². The van der Waals surface area contributed by atoms with E-state index in [1.54, 1.807) is 6.20 Å². The molecule has 1 aliphatic rings. The standard InChI is InChI=1S/C15H21ClN2O/c1-11-9-13(14(16)17-10-11)18-15(19)12-7-5-3-2-4-6-8-12/h9-10,12H,2-8H2,1H3,(H,18,19). The summed E-state index contributed by atoms with van der Waals surface area (Å²) in [5.41, 5.74) is 1.63. The minimum Gasteiger partial charge on any atom is -0.323 e. The highest BCUT2D eigenvalue weighted by Gasteiger charge is 2.20. The van der Waals surface area contributed by atoms with Crippen LogP contribution in [0.3, 0.4) is 0 Å². The van der Waals surface area contributed by atoms with Crippen molar-refractivity contribution in [2.24, 2.45) is 5.92 Å². The van der Waals surface area contributed by atoms with Gasteiger partial charge in [-0.25, -0.2) is 4.98 Å². The number of nitrogens with zero attached hydrogens (tertiary/aromatic N) is 1. The first-order chi connectivity index (χ1) is 9.16. The number of amides is 1. The highest BCUT2D eigenvalue weighted by molar-refractivity contribution is 6.32. The molecule has 1 aromatic heterocycles. The molecule has 1 fully saturated rings. The molecule has 2 rings (SSSR count). The van der Waals surface area contributed by atoms with Gasteiger partial charge in [0.1, 0.15) is 0 Å². The molecule has 0 atom stereocenters. The second-order valence-electron chi connectivity index (χ2n) is 5.38. The van der Waals surface area contributed by atoms with Crippen LogP contribution in [-0.2, 0) is 4.79 Å². The van der Waals surface area contributed by atoms with Crippen LogP contribution in [0.4, 0.5) is 5.69 Å². The summed E-state index contributed by atoms with van der Waals surface area (Å²) in [4.78, 5) is 16.4. The average Bonchev–Trinajstić information content (AvgIpc) is 2.33. The van der Waals surface area contributed by atoms with Crippen LogP contribution in [0.1, 0.15) is 50.5 Å². The number of hydrogen-bond donors (Lipinski definition) is 1. The van der Waals surface area contributed by atoms with Crippen molar-refractivity contribution in [1.82, 2.24) is 4.98 Å². The fraction of sp³-hybridized carbons (Fsp3) is 0.600. The molecule has 0 unspecified atom stereocenters. The average molecular weight is 281 g/mol. The smallest absolute Gasteiger partial charge is 0.227 e. The zero-order valence-corrected chi connectivity index (χ0v) is 12.2. The maximum absolute atomic E-state index is 12.3. The van der Waals surface area contributed by atoms with Gasteiger partial charge < -0.3 is 5.32 Å². The van der Waals surface area contributed by atoms with Crippen molar-refractivity contribution in [3.8, 4) is 0 Å². The van der Waals surface area contributed by atoms with E-state index in [0.717, 1.165) is 31.2 Å². The number of aryl methyl sites for hydroxylation is 1. The third kappa shape index (κ3) is 4.20. The lowest BCUT2D eigenvalue weighted by atomic mass is 9.90. The van der Waals surface area contributed by atoms with E-state index >= 15 is 0 Å². The molecule has 19 heavy (non-hydrogen) atoms. The molecule has 1 saturated carbocycles. The minimum atomic E-state index is 0.0937. The van der Waals surface area contributed by atoms with E-state index in [1.807, 2.05) is 13.0 Å². The highest BCUT2D eigenvalue weighted by atomic mass is 35.5. The predicted octanol–water partition coefficient (Wildman–Crippen LogP) is 4.34. The van der Waals surface area contributed by atoms with Crippen LogP contribution in [0.5, 0.6) is 0 Å². The predicted molar refractivity (Wildman–Crippen MR) is 78.4 cm³/mol. The Balaban J connectivity index is 2.00. The Morgan fingerprint density at radius 2 is 1.89 bits per heavy atom. The van der Waals surface area contributed by atoms with E-state index in [1.165, 1.54) is 19.3 Å². The Morgan fingerprint density at radius 3 is 2.58 bits per heavy atom. The normalized spacial score (nSPS) is 17.6. The summed E-state index contributed by atoms with van der Waals surface area (Å²) in [5, 5.41) is 3.30. The van der Waals surface area contributed by atoms with Crippen LogP contribution in [0.25, 0.3) is 0 Å². The van der Waals surface area contributed by atoms with Crippen molar-refractivity contribution in [2.75, 3.05) is 5.32 Å². The first-order valence-corrected chi connectivity index (χ1v) is 7.47. The fourth-order valence-corrected chi connectivity index (χ4v) is 2.74. The van der Waals surface area contributed by atoms with E-state index in [9.17, 15) is 4.79 Å². The summed E-state index contributed by atoms with van der Waals surface area (Å²) >= 11 is 6.01. The van der Waals surface area contributed by atoms with E-state index in [-0.39, 0.29) is 11.8 Å².